The van der Waals surface area contributed by atoms with Crippen molar-refractivity contribution in [2.45, 2.75) is 52.8 Å². The van der Waals surface area contributed by atoms with Gasteiger partial charge in [0.25, 0.3) is 5.91 Å². The average Bonchev–Trinajstić information content (AvgIpc) is 2.96. The molecule has 2 rings (SSSR count). The van der Waals surface area contributed by atoms with Gasteiger partial charge in [0.15, 0.2) is 5.60 Å². The first-order chi connectivity index (χ1) is 11.2. The lowest BCUT2D eigenvalue weighted by Crippen LogP contribution is -2.50. The Labute approximate surface area is 147 Å². The Bertz CT molecular complexity index is 690. The number of ether oxygens (including phenoxy) is 1. The number of aromatic nitrogens is 3. The first-order valence-corrected chi connectivity index (χ1v) is 8.16. The van der Waals surface area contributed by atoms with Gasteiger partial charge in [-0.25, -0.2) is 4.98 Å². The summed E-state index contributed by atoms with van der Waals surface area (Å²) in [4.78, 5) is 16.4. The summed E-state index contributed by atoms with van der Waals surface area (Å²) < 4.78 is 7.58. The van der Waals surface area contributed by atoms with Crippen LogP contribution in [0.15, 0.2) is 24.8 Å². The lowest BCUT2D eigenvalue weighted by Gasteiger charge is -2.27. The maximum atomic E-state index is 12.5. The molecule has 6 nitrogen and oxygen atoms in total. The van der Waals surface area contributed by atoms with Crippen LogP contribution >= 0.6 is 11.6 Å². The Balaban J connectivity index is 2.02. The number of aryl methyl sites for hydroxylation is 2. The van der Waals surface area contributed by atoms with Gasteiger partial charge in [-0.2, -0.15) is 5.10 Å². The fourth-order valence-corrected chi connectivity index (χ4v) is 2.47. The van der Waals surface area contributed by atoms with Crippen molar-refractivity contribution in [2.75, 3.05) is 0 Å². The van der Waals surface area contributed by atoms with Crippen LogP contribution in [0, 0.1) is 13.8 Å². The molecule has 0 spiro atoms. The van der Waals surface area contributed by atoms with Gasteiger partial charge in [0.2, 0.25) is 0 Å². The molecule has 0 saturated heterocycles. The number of nitrogens with one attached hydrogen (secondary N) is 1. The van der Waals surface area contributed by atoms with E-state index in [0.717, 1.165) is 11.1 Å². The molecule has 1 heterocycles. The molecule has 1 atom stereocenters. The lowest BCUT2D eigenvalue weighted by atomic mass is 10.1. The molecule has 1 aromatic carbocycles. The molecule has 24 heavy (non-hydrogen) atoms. The third kappa shape index (κ3) is 4.47. The lowest BCUT2D eigenvalue weighted by molar-refractivity contribution is -0.134. The van der Waals surface area contributed by atoms with Gasteiger partial charge in [-0.15, -0.1) is 0 Å². The first-order valence-electron chi connectivity index (χ1n) is 7.78. The van der Waals surface area contributed by atoms with E-state index in [-0.39, 0.29) is 11.9 Å². The average molecular weight is 351 g/mol. The summed E-state index contributed by atoms with van der Waals surface area (Å²) in [5.41, 5.74) is 0.827. The Kier molecular flexibility index (Phi) is 5.49. The molecule has 7 heteroatoms. The molecule has 0 saturated carbocycles. The summed E-state index contributed by atoms with van der Waals surface area (Å²) in [6, 6.07) is 3.57. The van der Waals surface area contributed by atoms with Crippen LogP contribution in [-0.4, -0.2) is 32.3 Å². The molecular weight excluding hydrogens is 328 g/mol. The summed E-state index contributed by atoms with van der Waals surface area (Å²) in [7, 11) is 0. The fourth-order valence-electron chi connectivity index (χ4n) is 2.36. The van der Waals surface area contributed by atoms with Crippen LogP contribution < -0.4 is 10.1 Å². The van der Waals surface area contributed by atoms with Crippen molar-refractivity contribution in [3.63, 3.8) is 0 Å². The van der Waals surface area contributed by atoms with Crippen LogP contribution in [0.4, 0.5) is 0 Å². The molecule has 2 aromatic rings. The molecule has 0 aliphatic heterocycles. The van der Waals surface area contributed by atoms with E-state index < -0.39 is 5.60 Å². The zero-order chi connectivity index (χ0) is 17.9. The monoisotopic (exact) mass is 350 g/mol. The first kappa shape index (κ1) is 18.3. The summed E-state index contributed by atoms with van der Waals surface area (Å²) in [5.74, 6) is 0.429. The molecule has 0 radical (unpaired) electrons. The molecule has 1 amide bonds. The second-order valence-corrected chi connectivity index (χ2v) is 6.85. The Morgan fingerprint density at radius 3 is 2.54 bits per heavy atom. The summed E-state index contributed by atoms with van der Waals surface area (Å²) in [5, 5.41) is 7.69. The zero-order valence-electron chi connectivity index (χ0n) is 14.6. The van der Waals surface area contributed by atoms with E-state index in [9.17, 15) is 4.79 Å². The highest BCUT2D eigenvalue weighted by Gasteiger charge is 2.31. The highest BCUT2D eigenvalue weighted by molar-refractivity contribution is 6.32. The predicted octanol–water partition coefficient (Wildman–Crippen LogP) is 2.91. The van der Waals surface area contributed by atoms with Gasteiger partial charge in [0.05, 0.1) is 6.54 Å². The molecule has 1 aromatic heterocycles. The van der Waals surface area contributed by atoms with Crippen molar-refractivity contribution >= 4 is 17.5 Å². The zero-order valence-corrected chi connectivity index (χ0v) is 15.4. The summed E-state index contributed by atoms with van der Waals surface area (Å²) >= 11 is 6.17. The maximum absolute atomic E-state index is 12.5. The van der Waals surface area contributed by atoms with E-state index in [0.29, 0.717) is 17.3 Å². The van der Waals surface area contributed by atoms with Gasteiger partial charge in [0.1, 0.15) is 18.4 Å². The number of amides is 1. The highest BCUT2D eigenvalue weighted by atomic mass is 35.5. The van der Waals surface area contributed by atoms with Gasteiger partial charge in [-0.3, -0.25) is 9.48 Å². The molecular formula is C17H23ClN4O2. The Hall–Kier alpha value is -2.08. The van der Waals surface area contributed by atoms with Crippen LogP contribution in [0.5, 0.6) is 5.75 Å². The van der Waals surface area contributed by atoms with E-state index >= 15 is 0 Å². The number of rotatable bonds is 6. The van der Waals surface area contributed by atoms with E-state index in [2.05, 4.69) is 15.4 Å². The second kappa shape index (κ2) is 7.21. The SMILES string of the molecule is Cc1cc(OC(C)(C)C(=O)N[C@@H](C)Cn2cncn2)cc(C)c1Cl. The predicted molar refractivity (Wildman–Crippen MR) is 93.3 cm³/mol. The van der Waals surface area contributed by atoms with Gasteiger partial charge in [-0.1, -0.05) is 11.6 Å². The van der Waals surface area contributed by atoms with E-state index in [4.69, 9.17) is 16.3 Å². The fraction of sp³-hybridized carbons (Fsp3) is 0.471. The van der Waals surface area contributed by atoms with Crippen molar-refractivity contribution in [3.05, 3.63) is 40.9 Å². The van der Waals surface area contributed by atoms with Crippen LogP contribution in [0.25, 0.3) is 0 Å². The van der Waals surface area contributed by atoms with Gasteiger partial charge < -0.3 is 10.1 Å². The van der Waals surface area contributed by atoms with Crippen molar-refractivity contribution in [1.29, 1.82) is 0 Å². The number of hydrogen-bond acceptors (Lipinski definition) is 4. The molecule has 0 bridgehead atoms. The minimum Gasteiger partial charge on any atom is -0.478 e. The number of halogens is 1. The molecule has 0 fully saturated rings. The Morgan fingerprint density at radius 2 is 2.00 bits per heavy atom. The van der Waals surface area contributed by atoms with Crippen LogP contribution in [0.3, 0.4) is 0 Å². The highest BCUT2D eigenvalue weighted by Crippen LogP contribution is 2.28. The number of benzene rings is 1. The normalized spacial score (nSPS) is 12.8. The minimum absolute atomic E-state index is 0.101. The van der Waals surface area contributed by atoms with E-state index in [1.54, 1.807) is 24.9 Å². The Morgan fingerprint density at radius 1 is 1.38 bits per heavy atom. The summed E-state index contributed by atoms with van der Waals surface area (Å²) in [6.45, 7) is 9.76. The topological polar surface area (TPSA) is 69.0 Å². The van der Waals surface area contributed by atoms with Crippen molar-refractivity contribution in [3.8, 4) is 5.75 Å². The largest absolute Gasteiger partial charge is 0.478 e. The number of hydrogen-bond donors (Lipinski definition) is 1. The molecule has 0 aliphatic carbocycles. The number of carbonyl (C=O) groups is 1. The van der Waals surface area contributed by atoms with Crippen molar-refractivity contribution < 1.29 is 9.53 Å². The molecule has 0 aliphatic rings. The van der Waals surface area contributed by atoms with Crippen molar-refractivity contribution in [1.82, 2.24) is 20.1 Å². The number of nitrogens with zero attached hydrogens (tertiary/aromatic N) is 3. The minimum atomic E-state index is -1.01. The molecule has 1 N–H and O–H groups in total. The smallest absolute Gasteiger partial charge is 0.263 e. The second-order valence-electron chi connectivity index (χ2n) is 6.48. The standard InChI is InChI=1S/C17H23ClN4O2/c1-11-6-14(7-12(2)15(11)18)24-17(4,5)16(23)21-13(3)8-22-10-19-9-20-22/h6-7,9-10,13H,8H2,1-5H3,(H,21,23)/t13-/m0/s1. The molecule has 0 unspecified atom stereocenters. The van der Waals surface area contributed by atoms with Gasteiger partial charge in [-0.05, 0) is 57.9 Å². The van der Waals surface area contributed by atoms with E-state index in [1.807, 2.05) is 32.9 Å². The van der Waals surface area contributed by atoms with Gasteiger partial charge in [0, 0.05) is 11.1 Å². The van der Waals surface area contributed by atoms with Gasteiger partial charge >= 0.3 is 0 Å². The quantitative estimate of drug-likeness (QED) is 0.869. The summed E-state index contributed by atoms with van der Waals surface area (Å²) in [6.07, 6.45) is 3.08. The molecule has 130 valence electrons. The van der Waals surface area contributed by atoms with E-state index in [1.165, 1.54) is 6.33 Å². The third-order valence-corrected chi connectivity index (χ3v) is 4.23. The third-order valence-electron chi connectivity index (χ3n) is 3.63. The van der Waals surface area contributed by atoms with Crippen molar-refractivity contribution in [2.24, 2.45) is 0 Å². The maximum Gasteiger partial charge on any atom is 0.263 e. The van der Waals surface area contributed by atoms with Crippen LogP contribution in [-0.2, 0) is 11.3 Å². The van der Waals surface area contributed by atoms with Crippen LogP contribution in [0.2, 0.25) is 5.02 Å². The van der Waals surface area contributed by atoms with Crippen LogP contribution in [0.1, 0.15) is 31.9 Å². The number of carbonyl (C=O) groups excluding carboxylic acids is 1.